The topological polar surface area (TPSA) is 54.2 Å². The number of hydrogen-bond donors (Lipinski definition) is 1. The summed E-state index contributed by atoms with van der Waals surface area (Å²) in [6, 6.07) is 8.63. The van der Waals surface area contributed by atoms with Crippen molar-refractivity contribution in [2.75, 3.05) is 19.7 Å². The summed E-state index contributed by atoms with van der Waals surface area (Å²) in [6.45, 7) is 3.16. The maximum absolute atomic E-state index is 9.60. The zero-order valence-corrected chi connectivity index (χ0v) is 14.4. The summed E-state index contributed by atoms with van der Waals surface area (Å²) in [6.07, 6.45) is 11.2. The molecule has 5 heteroatoms. The van der Waals surface area contributed by atoms with Crippen LogP contribution in [0, 0.1) is 0 Å². The van der Waals surface area contributed by atoms with E-state index >= 15 is 0 Å². The zero-order chi connectivity index (χ0) is 17.1. The van der Waals surface area contributed by atoms with E-state index in [9.17, 15) is 5.11 Å². The minimum Gasteiger partial charge on any atom is -0.395 e. The highest BCUT2D eigenvalue weighted by Crippen LogP contribution is 2.27. The van der Waals surface area contributed by atoms with E-state index < -0.39 is 0 Å². The number of hydrogen-bond acceptors (Lipinski definition) is 4. The average molecular weight is 336 g/mol. The Bertz CT molecular complexity index is 839. The number of imidazole rings is 1. The van der Waals surface area contributed by atoms with Crippen LogP contribution < -0.4 is 0 Å². The number of fused-ring (bicyclic) bond motifs is 1. The van der Waals surface area contributed by atoms with Gasteiger partial charge in [-0.15, -0.1) is 0 Å². The van der Waals surface area contributed by atoms with E-state index in [4.69, 9.17) is 0 Å². The molecule has 1 unspecified atom stereocenters. The molecule has 130 valence electrons. The van der Waals surface area contributed by atoms with Crippen molar-refractivity contribution in [2.24, 2.45) is 0 Å². The molecule has 25 heavy (non-hydrogen) atoms. The van der Waals surface area contributed by atoms with Crippen LogP contribution in [0.3, 0.4) is 0 Å². The molecule has 0 amide bonds. The largest absolute Gasteiger partial charge is 0.395 e. The number of aromatic nitrogens is 3. The summed E-state index contributed by atoms with van der Waals surface area (Å²) in [5, 5.41) is 11.9. The van der Waals surface area contributed by atoms with Gasteiger partial charge < -0.3 is 9.67 Å². The first-order chi connectivity index (χ1) is 12.4. The number of pyridine rings is 1. The van der Waals surface area contributed by atoms with Gasteiger partial charge in [0.15, 0.2) is 0 Å². The van der Waals surface area contributed by atoms with Crippen molar-refractivity contribution in [1.82, 2.24) is 19.4 Å². The third kappa shape index (κ3) is 3.30. The lowest BCUT2D eigenvalue weighted by atomic mass is 10.0. The first-order valence-corrected chi connectivity index (χ1v) is 9.06. The number of aliphatic hydroxyl groups excluding tert-OH is 1. The maximum atomic E-state index is 9.60. The molecule has 1 aliphatic heterocycles. The molecule has 1 atom stereocenters. The highest BCUT2D eigenvalue weighted by Gasteiger charge is 2.21. The molecule has 1 aliphatic rings. The number of nitrogens with zero attached hydrogens (tertiary/aromatic N) is 4. The van der Waals surface area contributed by atoms with Crippen LogP contribution in [0.5, 0.6) is 0 Å². The number of benzene rings is 1. The van der Waals surface area contributed by atoms with E-state index in [0.717, 1.165) is 42.8 Å². The van der Waals surface area contributed by atoms with Crippen molar-refractivity contribution in [3.05, 3.63) is 49.1 Å². The molecule has 1 saturated heterocycles. The maximum Gasteiger partial charge on any atom is 0.140 e. The summed E-state index contributed by atoms with van der Waals surface area (Å²) in [5.41, 5.74) is 1.14. The normalized spacial score (nSPS) is 18.7. The van der Waals surface area contributed by atoms with Crippen LogP contribution in [0.15, 0.2) is 49.1 Å². The van der Waals surface area contributed by atoms with Crippen LogP contribution in [0.4, 0.5) is 0 Å². The molecule has 0 radical (unpaired) electrons. The van der Waals surface area contributed by atoms with E-state index in [1.807, 2.05) is 24.8 Å². The van der Waals surface area contributed by atoms with Crippen LogP contribution >= 0.6 is 0 Å². The fourth-order valence-corrected chi connectivity index (χ4v) is 3.85. The Kier molecular flexibility index (Phi) is 4.76. The first-order valence-electron chi connectivity index (χ1n) is 9.06. The van der Waals surface area contributed by atoms with E-state index in [0.29, 0.717) is 6.04 Å². The summed E-state index contributed by atoms with van der Waals surface area (Å²) >= 11 is 0. The highest BCUT2D eigenvalue weighted by molar-refractivity contribution is 5.94. The monoisotopic (exact) mass is 336 g/mol. The van der Waals surface area contributed by atoms with Crippen molar-refractivity contribution in [2.45, 2.75) is 31.8 Å². The van der Waals surface area contributed by atoms with E-state index in [-0.39, 0.29) is 6.61 Å². The second-order valence-electron chi connectivity index (χ2n) is 6.71. The molecule has 2 aromatic heterocycles. The Hall–Kier alpha value is -2.24. The average Bonchev–Trinajstić information content (AvgIpc) is 3.14. The lowest BCUT2D eigenvalue weighted by Crippen LogP contribution is -2.43. The van der Waals surface area contributed by atoms with Crippen LogP contribution in [-0.4, -0.2) is 50.3 Å². The first kappa shape index (κ1) is 16.2. The Balaban J connectivity index is 1.58. The van der Waals surface area contributed by atoms with Gasteiger partial charge in [-0.2, -0.15) is 0 Å². The third-order valence-electron chi connectivity index (χ3n) is 5.23. The Morgan fingerprint density at radius 3 is 3.00 bits per heavy atom. The standard InChI is InChI=1S/C20H24N4O/c25-15-17-5-1-2-10-23(17)12-13-24-11-9-22-20(24)19-6-3-4-16-14-21-8-7-18(16)19/h3-4,6-9,11,14,17,25H,1-2,5,10,12-13,15H2. The number of piperidine rings is 1. The van der Waals surface area contributed by atoms with Crippen LogP contribution in [0.1, 0.15) is 19.3 Å². The fourth-order valence-electron chi connectivity index (χ4n) is 3.85. The summed E-state index contributed by atoms with van der Waals surface area (Å²) < 4.78 is 2.22. The van der Waals surface area contributed by atoms with E-state index in [1.54, 1.807) is 0 Å². The van der Waals surface area contributed by atoms with E-state index in [2.05, 4.69) is 43.7 Å². The Labute approximate surface area is 147 Å². The quantitative estimate of drug-likeness (QED) is 0.778. The van der Waals surface area contributed by atoms with Gasteiger partial charge in [-0.3, -0.25) is 9.88 Å². The SMILES string of the molecule is OCC1CCCCN1CCn1ccnc1-c1cccc2cnccc12. The van der Waals surface area contributed by atoms with E-state index in [1.165, 1.54) is 18.2 Å². The van der Waals surface area contributed by atoms with Gasteiger partial charge in [-0.05, 0) is 30.8 Å². The second-order valence-corrected chi connectivity index (χ2v) is 6.71. The van der Waals surface area contributed by atoms with Crippen LogP contribution in [0.2, 0.25) is 0 Å². The molecular weight excluding hydrogens is 312 g/mol. The smallest absolute Gasteiger partial charge is 0.140 e. The van der Waals surface area contributed by atoms with Crippen molar-refractivity contribution in [3.63, 3.8) is 0 Å². The van der Waals surface area contributed by atoms with Gasteiger partial charge >= 0.3 is 0 Å². The summed E-state index contributed by atoms with van der Waals surface area (Å²) in [4.78, 5) is 11.2. The lowest BCUT2D eigenvalue weighted by Gasteiger charge is -2.34. The minimum absolute atomic E-state index is 0.257. The second kappa shape index (κ2) is 7.33. The molecule has 3 aromatic rings. The van der Waals surface area contributed by atoms with Gasteiger partial charge in [-0.25, -0.2) is 4.98 Å². The number of aliphatic hydroxyl groups is 1. The molecular formula is C20H24N4O. The van der Waals surface area contributed by atoms with Crippen molar-refractivity contribution < 1.29 is 5.11 Å². The molecule has 3 heterocycles. The van der Waals surface area contributed by atoms with Gasteiger partial charge in [0.1, 0.15) is 5.82 Å². The number of likely N-dealkylation sites (tertiary alicyclic amines) is 1. The molecule has 1 N–H and O–H groups in total. The molecule has 1 fully saturated rings. The lowest BCUT2D eigenvalue weighted by molar-refractivity contribution is 0.0873. The fraction of sp³-hybridized carbons (Fsp3) is 0.400. The predicted octanol–water partition coefficient (Wildman–Crippen LogP) is 2.95. The van der Waals surface area contributed by atoms with Gasteiger partial charge in [-0.1, -0.05) is 24.6 Å². The zero-order valence-electron chi connectivity index (χ0n) is 14.4. The molecule has 1 aromatic carbocycles. The van der Waals surface area contributed by atoms with Crippen molar-refractivity contribution in [3.8, 4) is 11.4 Å². The van der Waals surface area contributed by atoms with Gasteiger partial charge in [0.25, 0.3) is 0 Å². The van der Waals surface area contributed by atoms with Crippen LogP contribution in [-0.2, 0) is 6.54 Å². The van der Waals surface area contributed by atoms with Gasteiger partial charge in [0.2, 0.25) is 0 Å². The Morgan fingerprint density at radius 2 is 2.08 bits per heavy atom. The minimum atomic E-state index is 0.257. The predicted molar refractivity (Wildman–Crippen MR) is 99.3 cm³/mol. The number of rotatable bonds is 5. The van der Waals surface area contributed by atoms with Crippen LogP contribution in [0.25, 0.3) is 22.2 Å². The van der Waals surface area contributed by atoms with Gasteiger partial charge in [0.05, 0.1) is 6.61 Å². The summed E-state index contributed by atoms with van der Waals surface area (Å²) in [7, 11) is 0. The Morgan fingerprint density at radius 1 is 1.12 bits per heavy atom. The molecule has 4 rings (SSSR count). The van der Waals surface area contributed by atoms with Crippen molar-refractivity contribution in [1.29, 1.82) is 0 Å². The van der Waals surface area contributed by atoms with Gasteiger partial charge in [0, 0.05) is 54.9 Å². The molecule has 0 aliphatic carbocycles. The van der Waals surface area contributed by atoms with Crippen molar-refractivity contribution >= 4 is 10.8 Å². The third-order valence-corrected chi connectivity index (χ3v) is 5.23. The molecule has 0 saturated carbocycles. The molecule has 0 spiro atoms. The molecule has 5 nitrogen and oxygen atoms in total. The highest BCUT2D eigenvalue weighted by atomic mass is 16.3. The molecule has 0 bridgehead atoms. The summed E-state index contributed by atoms with van der Waals surface area (Å²) in [5.74, 6) is 0.995.